The normalized spacial score (nSPS) is 13.3. The quantitative estimate of drug-likeness (QED) is 0.168. The van der Waals surface area contributed by atoms with Gasteiger partial charge in [0.2, 0.25) is 0 Å². The second kappa shape index (κ2) is 19.2. The van der Waals surface area contributed by atoms with E-state index >= 15 is 0 Å². The maximum atomic E-state index is 13.6. The van der Waals surface area contributed by atoms with Crippen LogP contribution < -0.4 is 15.4 Å². The third kappa shape index (κ3) is 14.3. The Hall–Kier alpha value is -3.68. The molecular formula is C33H46ClF2N3O8. The van der Waals surface area contributed by atoms with Gasteiger partial charge in [0.1, 0.15) is 17.5 Å². The van der Waals surface area contributed by atoms with Gasteiger partial charge in [-0.1, -0.05) is 30.7 Å². The first-order valence-electron chi connectivity index (χ1n) is 15.3. The third-order valence-corrected chi connectivity index (χ3v) is 7.20. The highest BCUT2D eigenvalue weighted by molar-refractivity contribution is 6.30. The van der Waals surface area contributed by atoms with E-state index in [2.05, 4.69) is 15.4 Å². The number of ether oxygens (including phenoxy) is 4. The van der Waals surface area contributed by atoms with Crippen LogP contribution in [0, 0.1) is 5.92 Å². The summed E-state index contributed by atoms with van der Waals surface area (Å²) >= 11 is 6.23. The number of aliphatic hydroxyl groups excluding tert-OH is 1. The van der Waals surface area contributed by atoms with Crippen LogP contribution in [0.3, 0.4) is 0 Å². The molecule has 262 valence electrons. The lowest BCUT2D eigenvalue weighted by molar-refractivity contribution is -0.0500. The van der Waals surface area contributed by atoms with Crippen LogP contribution in [-0.4, -0.2) is 86.8 Å². The number of carbonyl (C=O) groups is 3. The molecule has 2 aromatic rings. The molecule has 0 aromatic heterocycles. The fourth-order valence-electron chi connectivity index (χ4n) is 4.73. The summed E-state index contributed by atoms with van der Waals surface area (Å²) in [5, 5.41) is 15.0. The fourth-order valence-corrected chi connectivity index (χ4v) is 4.93. The summed E-state index contributed by atoms with van der Waals surface area (Å²) in [5.74, 6) is -0.771. The number of hydrogen-bond donors (Lipinski definition) is 3. The monoisotopic (exact) mass is 685 g/mol. The number of benzene rings is 2. The molecule has 0 saturated carbocycles. The molecule has 0 heterocycles. The van der Waals surface area contributed by atoms with Crippen LogP contribution in [0.5, 0.6) is 5.75 Å². The second-order valence-electron chi connectivity index (χ2n) is 12.1. The Morgan fingerprint density at radius 3 is 2.40 bits per heavy atom. The number of halogens is 3. The van der Waals surface area contributed by atoms with E-state index in [0.717, 1.165) is 0 Å². The molecule has 0 fully saturated rings. The molecule has 11 nitrogen and oxygen atoms in total. The highest BCUT2D eigenvalue weighted by Crippen LogP contribution is 2.32. The summed E-state index contributed by atoms with van der Waals surface area (Å²) in [6.07, 6.45) is -0.314. The summed E-state index contributed by atoms with van der Waals surface area (Å²) < 4.78 is 47.6. The van der Waals surface area contributed by atoms with Crippen LogP contribution >= 0.6 is 11.6 Å². The molecule has 14 heteroatoms. The van der Waals surface area contributed by atoms with Crippen molar-refractivity contribution in [3.8, 4) is 5.75 Å². The topological polar surface area (TPSA) is 136 Å². The number of methoxy groups -OCH3 is 1. The molecule has 0 aliphatic heterocycles. The Bertz CT molecular complexity index is 1310. The summed E-state index contributed by atoms with van der Waals surface area (Å²) in [5.41, 5.74) is 0.148. The zero-order chi connectivity index (χ0) is 35.1. The van der Waals surface area contributed by atoms with Crippen molar-refractivity contribution in [2.75, 3.05) is 40.5 Å². The number of nitrogens with zero attached hydrogens (tertiary/aromatic N) is 1. The lowest BCUT2D eigenvalue weighted by Gasteiger charge is -2.32. The molecule has 2 rings (SSSR count). The van der Waals surface area contributed by atoms with Crippen LogP contribution in [0.25, 0.3) is 0 Å². The van der Waals surface area contributed by atoms with Crippen LogP contribution in [0.2, 0.25) is 5.02 Å². The minimum Gasteiger partial charge on any atom is -0.453 e. The van der Waals surface area contributed by atoms with Crippen molar-refractivity contribution in [2.24, 2.45) is 5.92 Å². The maximum Gasteiger partial charge on any atom is 0.410 e. The average Bonchev–Trinajstić information content (AvgIpc) is 2.99. The second-order valence-corrected chi connectivity index (χ2v) is 12.5. The predicted molar refractivity (Wildman–Crippen MR) is 173 cm³/mol. The average molecular weight is 686 g/mol. The van der Waals surface area contributed by atoms with Crippen molar-refractivity contribution in [1.29, 1.82) is 0 Å². The van der Waals surface area contributed by atoms with E-state index in [1.165, 1.54) is 30.2 Å². The van der Waals surface area contributed by atoms with E-state index in [1.807, 2.05) is 6.92 Å². The van der Waals surface area contributed by atoms with Crippen molar-refractivity contribution in [3.05, 3.63) is 64.2 Å². The number of nitrogens with one attached hydrogen (secondary N) is 2. The van der Waals surface area contributed by atoms with E-state index in [4.69, 9.17) is 25.8 Å². The van der Waals surface area contributed by atoms with Crippen LogP contribution in [0.4, 0.5) is 18.4 Å². The number of carbonyl (C=O) groups excluding carboxylic acids is 3. The molecule has 0 aliphatic carbocycles. The van der Waals surface area contributed by atoms with Gasteiger partial charge < -0.3 is 39.6 Å². The van der Waals surface area contributed by atoms with Gasteiger partial charge in [0.05, 0.1) is 19.8 Å². The molecule has 3 N–H and O–H groups in total. The fraction of sp³-hybridized carbons (Fsp3) is 0.545. The predicted octanol–water partition coefficient (Wildman–Crippen LogP) is 6.17. The summed E-state index contributed by atoms with van der Waals surface area (Å²) in [6, 6.07) is 10.2. The van der Waals surface area contributed by atoms with Crippen LogP contribution in [0.1, 0.15) is 74.5 Å². The van der Waals surface area contributed by atoms with Crippen LogP contribution in [-0.2, 0) is 14.2 Å². The first-order valence-corrected chi connectivity index (χ1v) is 15.6. The molecule has 0 radical (unpaired) electrons. The van der Waals surface area contributed by atoms with Crippen molar-refractivity contribution in [1.82, 2.24) is 15.5 Å². The van der Waals surface area contributed by atoms with Gasteiger partial charge in [-0.3, -0.25) is 4.79 Å². The summed E-state index contributed by atoms with van der Waals surface area (Å²) in [7, 11) is 2.81. The highest BCUT2D eigenvalue weighted by Gasteiger charge is 2.28. The molecule has 0 spiro atoms. The SMILES string of the molecule is COC(=O)NCCO[C@@H](c1cccc(Cl)c1)c1cc(OC(F)F)cc(C(=O)NC[C@H](C[C@H](C)CCCO)N(C)C(=O)OC(C)(C)C)c1. The molecule has 0 unspecified atom stereocenters. The highest BCUT2D eigenvalue weighted by atomic mass is 35.5. The first-order chi connectivity index (χ1) is 22.1. The van der Waals surface area contributed by atoms with E-state index < -0.39 is 42.5 Å². The van der Waals surface area contributed by atoms with Gasteiger partial charge in [-0.05, 0) is 87.4 Å². The molecule has 2 aromatic carbocycles. The van der Waals surface area contributed by atoms with E-state index in [9.17, 15) is 28.3 Å². The number of alkyl halides is 2. The number of rotatable bonds is 17. The smallest absolute Gasteiger partial charge is 0.410 e. The summed E-state index contributed by atoms with van der Waals surface area (Å²) in [4.78, 5) is 39.4. The van der Waals surface area contributed by atoms with E-state index in [1.54, 1.807) is 52.1 Å². The van der Waals surface area contributed by atoms with Crippen LogP contribution in [0.15, 0.2) is 42.5 Å². The first kappa shape index (κ1) is 39.5. The van der Waals surface area contributed by atoms with Gasteiger partial charge in [0, 0.05) is 37.3 Å². The molecule has 0 saturated heterocycles. The maximum absolute atomic E-state index is 13.6. The van der Waals surface area contributed by atoms with Gasteiger partial charge in [-0.15, -0.1) is 0 Å². The Balaban J connectivity index is 2.40. The van der Waals surface area contributed by atoms with Crippen molar-refractivity contribution in [3.63, 3.8) is 0 Å². The van der Waals surface area contributed by atoms with Gasteiger partial charge in [0.25, 0.3) is 5.91 Å². The van der Waals surface area contributed by atoms with Crippen molar-refractivity contribution < 1.29 is 47.2 Å². The van der Waals surface area contributed by atoms with Gasteiger partial charge in [0.15, 0.2) is 0 Å². The molecular weight excluding hydrogens is 640 g/mol. The minimum absolute atomic E-state index is 0.000880. The van der Waals surface area contributed by atoms with Gasteiger partial charge >= 0.3 is 18.8 Å². The molecule has 47 heavy (non-hydrogen) atoms. The Labute approximate surface area is 279 Å². The number of aliphatic hydroxyl groups is 1. The lowest BCUT2D eigenvalue weighted by atomic mass is 9.96. The third-order valence-electron chi connectivity index (χ3n) is 6.97. The molecule has 3 amide bonds. The lowest BCUT2D eigenvalue weighted by Crippen LogP contribution is -2.47. The number of alkyl carbamates (subject to hydrolysis) is 1. The molecule has 0 bridgehead atoms. The number of hydrogen-bond acceptors (Lipinski definition) is 8. The van der Waals surface area contributed by atoms with Crippen molar-refractivity contribution >= 4 is 29.7 Å². The Morgan fingerprint density at radius 2 is 1.79 bits per heavy atom. The molecule has 0 aliphatic rings. The number of likely N-dealkylation sites (N-methyl/N-ethyl adjacent to an activating group) is 1. The van der Waals surface area contributed by atoms with Gasteiger partial charge in [-0.25, -0.2) is 9.59 Å². The van der Waals surface area contributed by atoms with E-state index in [-0.39, 0.29) is 43.5 Å². The Kier molecular flexibility index (Phi) is 16.1. The Morgan fingerprint density at radius 1 is 1.06 bits per heavy atom. The van der Waals surface area contributed by atoms with Crippen molar-refractivity contribution in [2.45, 2.75) is 71.3 Å². The largest absolute Gasteiger partial charge is 0.453 e. The minimum atomic E-state index is -3.16. The standard InChI is InChI=1S/C33H46ClF2N3O8/c1-21(9-8-13-40)15-26(39(5)32(43)47-33(2,3)4)20-38-29(41)24-16-23(18-27(19-24)46-30(35)36)28(22-10-7-11-25(34)17-22)45-14-12-37-31(42)44-6/h7,10-11,16-19,21,26,28,30,40H,8-9,12-15,20H2,1-6H3,(H,37,42)(H,38,41)/t21-,26+,28+/m1/s1. The number of amides is 3. The summed E-state index contributed by atoms with van der Waals surface area (Å²) in [6.45, 7) is 4.22. The van der Waals surface area contributed by atoms with E-state index in [0.29, 0.717) is 35.4 Å². The zero-order valence-electron chi connectivity index (χ0n) is 27.7. The molecule has 3 atom stereocenters. The van der Waals surface area contributed by atoms with Gasteiger partial charge in [-0.2, -0.15) is 8.78 Å². The zero-order valence-corrected chi connectivity index (χ0v) is 28.4.